The number of nitrogens with two attached hydrogens (primary N) is 1. The summed E-state index contributed by atoms with van der Waals surface area (Å²) < 4.78 is 0. The van der Waals surface area contributed by atoms with Gasteiger partial charge in [-0.25, -0.2) is 0 Å². The molecule has 4 heteroatoms. The average Bonchev–Trinajstić information content (AvgIpc) is 2.26. The highest BCUT2D eigenvalue weighted by molar-refractivity contribution is 5.27. The number of hydrogen-bond donors (Lipinski definition) is 3. The van der Waals surface area contributed by atoms with Crippen LogP contribution in [-0.4, -0.2) is 22.8 Å². The smallest absolute Gasteiger partial charge is 0.130 e. The van der Waals surface area contributed by atoms with Crippen molar-refractivity contribution in [1.29, 1.82) is 0 Å². The second kappa shape index (κ2) is 7.49. The summed E-state index contributed by atoms with van der Waals surface area (Å²) in [5, 5.41) is 21.3. The lowest BCUT2D eigenvalue weighted by molar-refractivity contribution is -0.694. The van der Waals surface area contributed by atoms with E-state index in [4.69, 9.17) is 5.11 Å². The van der Waals surface area contributed by atoms with Gasteiger partial charge < -0.3 is 27.9 Å². The monoisotopic (exact) mass is 245 g/mol. The van der Waals surface area contributed by atoms with E-state index in [0.717, 1.165) is 18.5 Å². The fourth-order valence-electron chi connectivity index (χ4n) is 1.53. The second-order valence-corrected chi connectivity index (χ2v) is 3.92. The summed E-state index contributed by atoms with van der Waals surface area (Å²) in [7, 11) is 0. The van der Waals surface area contributed by atoms with Crippen LogP contribution in [0.5, 0.6) is 5.75 Å². The van der Waals surface area contributed by atoms with E-state index in [1.54, 1.807) is 24.3 Å². The molecule has 1 aromatic rings. The first-order chi connectivity index (χ1) is 7.15. The summed E-state index contributed by atoms with van der Waals surface area (Å²) in [5.74, 6) is 0.233. The van der Waals surface area contributed by atoms with Crippen molar-refractivity contribution in [2.75, 3.05) is 6.54 Å². The van der Waals surface area contributed by atoms with E-state index in [2.05, 4.69) is 12.2 Å². The molecule has 0 amide bonds. The van der Waals surface area contributed by atoms with E-state index >= 15 is 0 Å². The lowest BCUT2D eigenvalue weighted by Crippen LogP contribution is -3.00. The van der Waals surface area contributed by atoms with E-state index in [-0.39, 0.29) is 24.2 Å². The van der Waals surface area contributed by atoms with Crippen LogP contribution < -0.4 is 17.7 Å². The predicted molar refractivity (Wildman–Crippen MR) is 59.6 cm³/mol. The molecular weight excluding hydrogens is 226 g/mol. The van der Waals surface area contributed by atoms with Gasteiger partial charge in [-0.15, -0.1) is 0 Å². The van der Waals surface area contributed by atoms with Crippen molar-refractivity contribution in [3.63, 3.8) is 0 Å². The van der Waals surface area contributed by atoms with Gasteiger partial charge in [0.25, 0.3) is 0 Å². The molecule has 2 atom stereocenters. The molecular formula is C12H20ClNO2. The van der Waals surface area contributed by atoms with Gasteiger partial charge in [0.05, 0.1) is 6.54 Å². The Bertz CT molecular complexity index is 290. The van der Waals surface area contributed by atoms with Crippen LogP contribution in [0.3, 0.4) is 0 Å². The first-order valence-electron chi connectivity index (χ1n) is 5.45. The normalized spacial score (nSPS) is 13.9. The number of aromatic hydroxyl groups is 1. The number of quaternary nitrogens is 1. The maximum absolute atomic E-state index is 9.99. The van der Waals surface area contributed by atoms with Crippen molar-refractivity contribution < 1.29 is 27.9 Å². The van der Waals surface area contributed by atoms with Gasteiger partial charge in [-0.05, 0) is 31.0 Å². The lowest BCUT2D eigenvalue weighted by Gasteiger charge is -2.17. The Kier molecular flexibility index (Phi) is 7.13. The quantitative estimate of drug-likeness (QED) is 0.551. The van der Waals surface area contributed by atoms with E-state index in [0.29, 0.717) is 0 Å². The van der Waals surface area contributed by atoms with E-state index in [1.165, 1.54) is 0 Å². The van der Waals surface area contributed by atoms with Gasteiger partial charge in [-0.3, -0.25) is 0 Å². The zero-order chi connectivity index (χ0) is 11.3. The molecule has 4 N–H and O–H groups in total. The van der Waals surface area contributed by atoms with Gasteiger partial charge in [-0.2, -0.15) is 0 Å². The third-order valence-electron chi connectivity index (χ3n) is 2.56. The molecule has 0 aliphatic heterocycles. The number of halogens is 1. The van der Waals surface area contributed by atoms with Gasteiger partial charge in [0.1, 0.15) is 17.9 Å². The summed E-state index contributed by atoms with van der Waals surface area (Å²) in [6.07, 6.45) is 0.629. The summed E-state index contributed by atoms with van der Waals surface area (Å²) >= 11 is 0. The minimum absolute atomic E-state index is 0. The molecule has 0 bridgehead atoms. The van der Waals surface area contributed by atoms with Gasteiger partial charge in [0.2, 0.25) is 0 Å². The third kappa shape index (κ3) is 4.39. The Labute approximate surface area is 103 Å². The maximum Gasteiger partial charge on any atom is 0.130 e. The number of phenols is 1. The SMILES string of the molecule is CCC[NH2+]C(C)C(O)c1ccc(O)cc1.[Cl-]. The van der Waals surface area contributed by atoms with Crippen LogP contribution in [-0.2, 0) is 0 Å². The average molecular weight is 246 g/mol. The first-order valence-corrected chi connectivity index (χ1v) is 5.45. The Morgan fingerprint density at radius 3 is 2.31 bits per heavy atom. The Balaban J connectivity index is 0.00000225. The van der Waals surface area contributed by atoms with Crippen molar-refractivity contribution in [2.24, 2.45) is 0 Å². The zero-order valence-corrected chi connectivity index (χ0v) is 10.5. The molecule has 0 spiro atoms. The molecule has 0 saturated heterocycles. The highest BCUT2D eigenvalue weighted by atomic mass is 35.5. The van der Waals surface area contributed by atoms with Gasteiger partial charge in [-0.1, -0.05) is 19.1 Å². The molecule has 0 heterocycles. The topological polar surface area (TPSA) is 57.1 Å². The Morgan fingerprint density at radius 2 is 1.81 bits per heavy atom. The van der Waals surface area contributed by atoms with Crippen LogP contribution in [0, 0.1) is 0 Å². The van der Waals surface area contributed by atoms with Crippen molar-refractivity contribution in [2.45, 2.75) is 32.4 Å². The molecule has 0 saturated carbocycles. The highest BCUT2D eigenvalue weighted by Crippen LogP contribution is 2.17. The number of aliphatic hydroxyl groups excluding tert-OH is 1. The van der Waals surface area contributed by atoms with Gasteiger partial charge in [0.15, 0.2) is 0 Å². The molecule has 1 aromatic carbocycles. The van der Waals surface area contributed by atoms with Crippen LogP contribution in [0.4, 0.5) is 0 Å². The molecule has 0 radical (unpaired) electrons. The second-order valence-electron chi connectivity index (χ2n) is 3.92. The molecule has 0 aliphatic rings. The molecule has 1 rings (SSSR count). The Hall–Kier alpha value is -0.770. The number of benzene rings is 1. The lowest BCUT2D eigenvalue weighted by atomic mass is 10.0. The summed E-state index contributed by atoms with van der Waals surface area (Å²) in [5.41, 5.74) is 0.854. The summed E-state index contributed by atoms with van der Waals surface area (Å²) in [4.78, 5) is 0. The molecule has 2 unspecified atom stereocenters. The number of hydrogen-bond acceptors (Lipinski definition) is 2. The zero-order valence-electron chi connectivity index (χ0n) is 9.73. The number of phenolic OH excluding ortho intramolecular Hbond substituents is 1. The minimum Gasteiger partial charge on any atom is -1.00 e. The van der Waals surface area contributed by atoms with Crippen molar-refractivity contribution in [1.82, 2.24) is 0 Å². The van der Waals surface area contributed by atoms with Crippen molar-refractivity contribution in [3.05, 3.63) is 29.8 Å². The van der Waals surface area contributed by atoms with Crippen molar-refractivity contribution >= 4 is 0 Å². The predicted octanol–water partition coefficient (Wildman–Crippen LogP) is -2.21. The highest BCUT2D eigenvalue weighted by Gasteiger charge is 2.18. The molecule has 92 valence electrons. The van der Waals surface area contributed by atoms with E-state index < -0.39 is 6.10 Å². The largest absolute Gasteiger partial charge is 1.00 e. The standard InChI is InChI=1S/C12H19NO2.ClH/c1-3-8-13-9(2)12(15)10-4-6-11(14)7-5-10;/h4-7,9,12-15H,3,8H2,1-2H3;1H. The van der Waals surface area contributed by atoms with Crippen LogP contribution in [0.15, 0.2) is 24.3 Å². The van der Waals surface area contributed by atoms with Crippen LogP contribution >= 0.6 is 0 Å². The van der Waals surface area contributed by atoms with Crippen LogP contribution in [0.1, 0.15) is 31.9 Å². The first kappa shape index (κ1) is 15.2. The van der Waals surface area contributed by atoms with E-state index in [9.17, 15) is 5.11 Å². The fourth-order valence-corrected chi connectivity index (χ4v) is 1.53. The summed E-state index contributed by atoms with van der Waals surface area (Å²) in [6.45, 7) is 5.15. The summed E-state index contributed by atoms with van der Waals surface area (Å²) in [6, 6.07) is 6.87. The maximum atomic E-state index is 9.99. The van der Waals surface area contributed by atoms with Crippen molar-refractivity contribution in [3.8, 4) is 5.75 Å². The fraction of sp³-hybridized carbons (Fsp3) is 0.500. The van der Waals surface area contributed by atoms with Crippen LogP contribution in [0.2, 0.25) is 0 Å². The number of rotatable bonds is 5. The third-order valence-corrected chi connectivity index (χ3v) is 2.56. The van der Waals surface area contributed by atoms with Gasteiger partial charge in [0, 0.05) is 0 Å². The molecule has 16 heavy (non-hydrogen) atoms. The minimum atomic E-state index is -0.475. The number of aliphatic hydroxyl groups is 1. The molecule has 0 aromatic heterocycles. The van der Waals surface area contributed by atoms with Crippen LogP contribution in [0.25, 0.3) is 0 Å². The molecule has 0 fully saturated rings. The van der Waals surface area contributed by atoms with E-state index in [1.807, 2.05) is 6.92 Å². The molecule has 0 aliphatic carbocycles. The molecule has 3 nitrogen and oxygen atoms in total. The Morgan fingerprint density at radius 1 is 1.25 bits per heavy atom. The van der Waals surface area contributed by atoms with Gasteiger partial charge >= 0.3 is 0 Å².